The number of aromatic nitrogens is 6. The molecular weight excluding hydrogens is 530 g/mol. The Morgan fingerprint density at radius 1 is 1.21 bits per heavy atom. The van der Waals surface area contributed by atoms with Gasteiger partial charge in [0.15, 0.2) is 0 Å². The van der Waals surface area contributed by atoms with Gasteiger partial charge in [0, 0.05) is 41.8 Å². The number of hydrogen-bond acceptors (Lipinski definition) is 6. The summed E-state index contributed by atoms with van der Waals surface area (Å²) in [5, 5.41) is 24.9. The van der Waals surface area contributed by atoms with E-state index in [0.717, 1.165) is 61.8 Å². The first kappa shape index (κ1) is 29.7. The van der Waals surface area contributed by atoms with Crippen LogP contribution in [0.1, 0.15) is 89.4 Å². The van der Waals surface area contributed by atoms with Gasteiger partial charge in [0.05, 0.1) is 12.0 Å². The number of aliphatic imine (C=N–C) groups is 1. The van der Waals surface area contributed by atoms with Gasteiger partial charge in [-0.15, -0.1) is 10.2 Å². The van der Waals surface area contributed by atoms with E-state index in [2.05, 4.69) is 64.6 Å². The van der Waals surface area contributed by atoms with Crippen LogP contribution in [0.5, 0.6) is 0 Å². The molecule has 0 spiro atoms. The average molecular weight is 574 g/mol. The van der Waals surface area contributed by atoms with Crippen LogP contribution in [0.25, 0.3) is 11.4 Å². The number of aliphatic carboxylic acids is 1. The van der Waals surface area contributed by atoms with E-state index in [0.29, 0.717) is 25.2 Å². The Labute approximate surface area is 247 Å². The van der Waals surface area contributed by atoms with Crippen LogP contribution in [-0.4, -0.2) is 47.0 Å². The van der Waals surface area contributed by atoms with Crippen LogP contribution in [-0.2, 0) is 23.2 Å². The summed E-state index contributed by atoms with van der Waals surface area (Å²) in [6.45, 7) is 6.90. The van der Waals surface area contributed by atoms with Crippen LogP contribution < -0.4 is 5.69 Å². The quantitative estimate of drug-likeness (QED) is 0.326. The number of aryl methyl sites for hydroxylation is 1. The number of unbranched alkanes of at least 4 members (excludes halogenated alkanes) is 1. The molecule has 2 N–H and O–H groups in total. The summed E-state index contributed by atoms with van der Waals surface area (Å²) in [4.78, 5) is 31.6. The first-order chi connectivity index (χ1) is 20.3. The second kappa shape index (κ2) is 13.0. The summed E-state index contributed by atoms with van der Waals surface area (Å²) in [5.74, 6) is -0.505. The standard InChI is InChI=1S/C32H43N7O3/c1-4-5-12-25-20-38(28-26(22(2)3)13-7-6-8-14-27(28)30(40)41)31(42)39(25)21-32(15-17-33-18-16-32)24-11-9-10-23(19-24)29-34-36-37-35-29/h9-11,15,17-20,22,26-28H,4-8,12-14,16,21H2,1-3H3,(H,40,41)(H,34,35,36,37). The summed E-state index contributed by atoms with van der Waals surface area (Å²) < 4.78 is 3.72. The summed E-state index contributed by atoms with van der Waals surface area (Å²) in [6.07, 6.45) is 15.6. The molecule has 2 aliphatic rings. The first-order valence-electron chi connectivity index (χ1n) is 15.4. The minimum atomic E-state index is -0.802. The molecule has 5 rings (SSSR count). The number of imidazole rings is 1. The number of tetrazole rings is 1. The van der Waals surface area contributed by atoms with Crippen LogP contribution in [0.15, 0.2) is 52.5 Å². The van der Waals surface area contributed by atoms with Gasteiger partial charge in [0.2, 0.25) is 5.82 Å². The fraction of sp³-hybridized carbons (Fsp3) is 0.562. The molecule has 1 aromatic carbocycles. The Kier molecular flexibility index (Phi) is 9.18. The first-order valence-corrected chi connectivity index (χ1v) is 15.4. The molecule has 2 aromatic heterocycles. The number of nitrogens with zero attached hydrogens (tertiary/aromatic N) is 6. The molecule has 10 nitrogen and oxygen atoms in total. The van der Waals surface area contributed by atoms with Crippen molar-refractivity contribution in [2.45, 2.75) is 96.6 Å². The summed E-state index contributed by atoms with van der Waals surface area (Å²) in [6, 6.07) is 7.69. The SMILES string of the molecule is CCCCc1cn(C2C(C(=O)O)CCCCCC2C(C)C)c(=O)n1CC1(c2cccc(-c3nn[nH]n3)c2)C=CN=CC1. The third kappa shape index (κ3) is 6.03. The van der Waals surface area contributed by atoms with Crippen molar-refractivity contribution >= 4 is 12.2 Å². The van der Waals surface area contributed by atoms with Crippen LogP contribution in [0.4, 0.5) is 0 Å². The van der Waals surface area contributed by atoms with Crippen molar-refractivity contribution < 1.29 is 9.90 Å². The predicted octanol–water partition coefficient (Wildman–Crippen LogP) is 5.58. The van der Waals surface area contributed by atoms with E-state index in [4.69, 9.17) is 0 Å². The molecule has 10 heteroatoms. The second-order valence-corrected chi connectivity index (χ2v) is 12.3. The fourth-order valence-electron chi connectivity index (χ4n) is 6.93. The Morgan fingerprint density at radius 2 is 2.05 bits per heavy atom. The van der Waals surface area contributed by atoms with E-state index >= 15 is 0 Å². The van der Waals surface area contributed by atoms with Gasteiger partial charge in [-0.3, -0.25) is 18.9 Å². The smallest absolute Gasteiger partial charge is 0.328 e. The van der Waals surface area contributed by atoms with Gasteiger partial charge in [0.1, 0.15) is 0 Å². The molecule has 0 radical (unpaired) electrons. The lowest BCUT2D eigenvalue weighted by Crippen LogP contribution is -2.42. The number of aromatic amines is 1. The highest BCUT2D eigenvalue weighted by Crippen LogP contribution is 2.41. The number of allylic oxidation sites excluding steroid dienone is 1. The van der Waals surface area contributed by atoms with Crippen molar-refractivity contribution in [1.29, 1.82) is 0 Å². The molecule has 1 saturated carbocycles. The van der Waals surface area contributed by atoms with E-state index in [1.54, 1.807) is 0 Å². The molecule has 3 aromatic rings. The van der Waals surface area contributed by atoms with E-state index in [-0.39, 0.29) is 23.6 Å². The monoisotopic (exact) mass is 573 g/mol. The molecule has 42 heavy (non-hydrogen) atoms. The van der Waals surface area contributed by atoms with Gasteiger partial charge >= 0.3 is 11.7 Å². The predicted molar refractivity (Wildman–Crippen MR) is 162 cm³/mol. The number of H-pyrrole nitrogens is 1. The number of hydrogen-bond donors (Lipinski definition) is 2. The maximum absolute atomic E-state index is 14.5. The second-order valence-electron chi connectivity index (χ2n) is 12.3. The Balaban J connectivity index is 1.62. The van der Waals surface area contributed by atoms with E-state index in [9.17, 15) is 14.7 Å². The molecule has 1 aliphatic carbocycles. The van der Waals surface area contributed by atoms with Crippen LogP contribution in [0.3, 0.4) is 0 Å². The van der Waals surface area contributed by atoms with Gasteiger partial charge in [-0.25, -0.2) is 4.79 Å². The Morgan fingerprint density at radius 3 is 2.74 bits per heavy atom. The summed E-state index contributed by atoms with van der Waals surface area (Å²) in [5.41, 5.74) is 2.19. The molecule has 0 amide bonds. The van der Waals surface area contributed by atoms with Gasteiger partial charge in [-0.05, 0) is 60.8 Å². The normalized spacial score (nSPS) is 24.5. The molecule has 1 aliphatic heterocycles. The summed E-state index contributed by atoms with van der Waals surface area (Å²) in [7, 11) is 0. The number of nitrogens with one attached hydrogen (secondary N) is 1. The van der Waals surface area contributed by atoms with Crippen molar-refractivity contribution in [2.24, 2.45) is 22.7 Å². The van der Waals surface area contributed by atoms with Crippen molar-refractivity contribution in [3.63, 3.8) is 0 Å². The minimum absolute atomic E-state index is 0.112. The van der Waals surface area contributed by atoms with Gasteiger partial charge in [0.25, 0.3) is 0 Å². The fourth-order valence-corrected chi connectivity index (χ4v) is 6.93. The average Bonchev–Trinajstić information content (AvgIpc) is 3.61. The molecule has 4 atom stereocenters. The number of carbonyl (C=O) groups is 1. The van der Waals surface area contributed by atoms with E-state index in [1.165, 1.54) is 0 Å². The van der Waals surface area contributed by atoms with Gasteiger partial charge in [-0.2, -0.15) is 5.21 Å². The number of rotatable bonds is 10. The minimum Gasteiger partial charge on any atom is -0.481 e. The third-order valence-electron chi connectivity index (χ3n) is 9.29. The lowest BCUT2D eigenvalue weighted by atomic mass is 9.74. The zero-order valence-electron chi connectivity index (χ0n) is 24.9. The topological polar surface area (TPSA) is 131 Å². The highest BCUT2D eigenvalue weighted by Gasteiger charge is 2.40. The van der Waals surface area contributed by atoms with Crippen molar-refractivity contribution in [1.82, 2.24) is 29.8 Å². The molecule has 1 fully saturated rings. The number of carboxylic acid groups (broad SMARTS) is 1. The Bertz CT molecular complexity index is 1470. The van der Waals surface area contributed by atoms with E-state index < -0.39 is 17.3 Å². The Hall–Kier alpha value is -3.82. The molecule has 224 valence electrons. The van der Waals surface area contributed by atoms with Crippen LogP contribution in [0, 0.1) is 17.8 Å². The lowest BCUT2D eigenvalue weighted by molar-refractivity contribution is -0.145. The summed E-state index contributed by atoms with van der Waals surface area (Å²) >= 11 is 0. The zero-order chi connectivity index (χ0) is 29.7. The molecule has 0 bridgehead atoms. The molecule has 4 unspecified atom stereocenters. The van der Waals surface area contributed by atoms with Gasteiger partial charge < -0.3 is 5.11 Å². The molecule has 0 saturated heterocycles. The van der Waals surface area contributed by atoms with Crippen molar-refractivity contribution in [3.8, 4) is 11.4 Å². The maximum atomic E-state index is 14.5. The maximum Gasteiger partial charge on any atom is 0.328 e. The zero-order valence-corrected chi connectivity index (χ0v) is 24.9. The third-order valence-corrected chi connectivity index (χ3v) is 9.29. The lowest BCUT2D eigenvalue weighted by Gasteiger charge is -2.36. The van der Waals surface area contributed by atoms with Gasteiger partial charge in [-0.1, -0.05) is 70.7 Å². The highest BCUT2D eigenvalue weighted by molar-refractivity contribution is 5.70. The van der Waals surface area contributed by atoms with Crippen LogP contribution >= 0.6 is 0 Å². The van der Waals surface area contributed by atoms with E-state index in [1.807, 2.05) is 39.9 Å². The number of benzene rings is 1. The molecule has 3 heterocycles. The van der Waals surface area contributed by atoms with Crippen LogP contribution in [0.2, 0.25) is 0 Å². The van der Waals surface area contributed by atoms with Crippen molar-refractivity contribution in [2.75, 3.05) is 0 Å². The highest BCUT2D eigenvalue weighted by atomic mass is 16.4. The number of carboxylic acids is 1. The van der Waals surface area contributed by atoms with Crippen molar-refractivity contribution in [3.05, 3.63) is 64.5 Å². The molecular formula is C32H43N7O3. The largest absolute Gasteiger partial charge is 0.481 e.